The van der Waals surface area contributed by atoms with E-state index in [0.29, 0.717) is 18.1 Å². The summed E-state index contributed by atoms with van der Waals surface area (Å²) in [5.41, 5.74) is -0.868. The maximum Gasteiger partial charge on any atom is 0.406 e. The lowest BCUT2D eigenvalue weighted by Gasteiger charge is -2.19. The van der Waals surface area contributed by atoms with E-state index >= 15 is 0 Å². The predicted molar refractivity (Wildman–Crippen MR) is 62.8 cm³/mol. The fourth-order valence-corrected chi connectivity index (χ4v) is 2.26. The van der Waals surface area contributed by atoms with Crippen LogP contribution >= 0.6 is 11.8 Å². The summed E-state index contributed by atoms with van der Waals surface area (Å²) in [6.07, 6.45) is -0.483. The molecule has 0 aromatic carbocycles. The van der Waals surface area contributed by atoms with E-state index in [4.69, 9.17) is 0 Å². The second-order valence-electron chi connectivity index (χ2n) is 3.71. The molecule has 4 amide bonds. The van der Waals surface area contributed by atoms with Gasteiger partial charge in [-0.3, -0.25) is 10.1 Å². The molecule has 0 aromatic rings. The number of hydrogen-bond donors (Lipinski definition) is 3. The first-order chi connectivity index (χ1) is 7.98. The van der Waals surface area contributed by atoms with Crippen LogP contribution in [0.15, 0.2) is 0 Å². The molecule has 0 radical (unpaired) electrons. The fourth-order valence-electron chi connectivity index (χ4n) is 1.26. The highest BCUT2D eigenvalue weighted by Gasteiger charge is 2.41. The number of urea groups is 1. The van der Waals surface area contributed by atoms with Gasteiger partial charge in [0.15, 0.2) is 0 Å². The number of carbonyl (C=O) groups excluding carboxylic acids is 3. The van der Waals surface area contributed by atoms with Crippen LogP contribution < -0.4 is 16.0 Å². The molecule has 1 aliphatic rings. The molecule has 0 aliphatic carbocycles. The van der Waals surface area contributed by atoms with Gasteiger partial charge in [-0.2, -0.15) is 11.8 Å². The monoisotopic (exact) mass is 261 g/mol. The van der Waals surface area contributed by atoms with Crippen LogP contribution in [0.2, 0.25) is 0 Å². The molecular formula is C9H15N3O4S. The summed E-state index contributed by atoms with van der Waals surface area (Å²) in [4.78, 5) is 33.1. The van der Waals surface area contributed by atoms with Crippen molar-refractivity contribution in [2.45, 2.75) is 12.5 Å². The molecule has 1 aliphatic heterocycles. The summed E-state index contributed by atoms with van der Waals surface area (Å²) in [6, 6.07) is -0.467. The maximum atomic E-state index is 11.4. The number of thioether (sulfide) groups is 1. The number of amides is 4. The van der Waals surface area contributed by atoms with Crippen LogP contribution in [0.25, 0.3) is 0 Å². The van der Waals surface area contributed by atoms with Gasteiger partial charge in [0.1, 0.15) is 5.54 Å². The van der Waals surface area contributed by atoms with Gasteiger partial charge in [0.25, 0.3) is 5.91 Å². The lowest BCUT2D eigenvalue weighted by Crippen LogP contribution is -2.46. The first kappa shape index (κ1) is 13.6. The molecule has 0 spiro atoms. The average Bonchev–Trinajstić information content (AvgIpc) is 2.52. The van der Waals surface area contributed by atoms with E-state index in [1.165, 1.54) is 18.9 Å². The Labute approximate surface area is 103 Å². The molecule has 0 unspecified atom stereocenters. The summed E-state index contributed by atoms with van der Waals surface area (Å²) in [6.45, 7) is 2.11. The van der Waals surface area contributed by atoms with Crippen molar-refractivity contribution in [3.05, 3.63) is 0 Å². The van der Waals surface area contributed by atoms with Gasteiger partial charge in [-0.05, 0) is 6.92 Å². The minimum Gasteiger partial charge on any atom is -0.453 e. The molecule has 17 heavy (non-hydrogen) atoms. The SMILES string of the molecule is COC(=O)NCCSC[C@]1(C)NC(=O)NC1=O. The zero-order valence-corrected chi connectivity index (χ0v) is 10.5. The Morgan fingerprint density at radius 1 is 1.53 bits per heavy atom. The van der Waals surface area contributed by atoms with Crippen molar-refractivity contribution in [1.82, 2.24) is 16.0 Å². The molecular weight excluding hydrogens is 246 g/mol. The smallest absolute Gasteiger partial charge is 0.406 e. The topological polar surface area (TPSA) is 96.5 Å². The van der Waals surface area contributed by atoms with Gasteiger partial charge >= 0.3 is 12.1 Å². The number of methoxy groups -OCH3 is 1. The van der Waals surface area contributed by atoms with Crippen LogP contribution in [0.1, 0.15) is 6.92 Å². The highest BCUT2D eigenvalue weighted by Crippen LogP contribution is 2.16. The standard InChI is InChI=1S/C9H15N3O4S/c1-9(6(13)11-7(14)12-9)5-17-4-3-10-8(15)16-2/h3-5H2,1-2H3,(H,10,15)(H2,11,12,13,14)/t9-/m0/s1. The van der Waals surface area contributed by atoms with E-state index in [1.807, 2.05) is 0 Å². The first-order valence-electron chi connectivity index (χ1n) is 5.01. The summed E-state index contributed by atoms with van der Waals surface area (Å²) in [5, 5.41) is 7.26. The summed E-state index contributed by atoms with van der Waals surface area (Å²) >= 11 is 1.46. The third kappa shape index (κ3) is 3.81. The van der Waals surface area contributed by atoms with Crippen LogP contribution in [0.3, 0.4) is 0 Å². The van der Waals surface area contributed by atoms with Crippen LogP contribution in [0.5, 0.6) is 0 Å². The zero-order chi connectivity index (χ0) is 12.9. The quantitative estimate of drug-likeness (QED) is 0.465. The zero-order valence-electron chi connectivity index (χ0n) is 9.66. The van der Waals surface area contributed by atoms with Crippen LogP contribution in [-0.2, 0) is 9.53 Å². The Morgan fingerprint density at radius 2 is 2.24 bits per heavy atom. The van der Waals surface area contributed by atoms with Crippen LogP contribution in [0.4, 0.5) is 9.59 Å². The van der Waals surface area contributed by atoms with Crippen molar-refractivity contribution in [3.8, 4) is 0 Å². The van der Waals surface area contributed by atoms with E-state index < -0.39 is 17.7 Å². The molecule has 3 N–H and O–H groups in total. The third-order valence-corrected chi connectivity index (χ3v) is 3.48. The number of alkyl carbamates (subject to hydrolysis) is 1. The Morgan fingerprint density at radius 3 is 2.76 bits per heavy atom. The lowest BCUT2D eigenvalue weighted by molar-refractivity contribution is -0.122. The molecule has 1 atom stereocenters. The Bertz CT molecular complexity index is 336. The molecule has 1 heterocycles. The summed E-state index contributed by atoms with van der Waals surface area (Å²) < 4.78 is 4.40. The van der Waals surface area contributed by atoms with Gasteiger partial charge in [0.05, 0.1) is 7.11 Å². The summed E-state index contributed by atoms with van der Waals surface area (Å²) in [7, 11) is 1.29. The maximum absolute atomic E-state index is 11.4. The number of nitrogens with one attached hydrogen (secondary N) is 3. The highest BCUT2D eigenvalue weighted by molar-refractivity contribution is 7.99. The number of rotatable bonds is 5. The fraction of sp³-hybridized carbons (Fsp3) is 0.667. The first-order valence-corrected chi connectivity index (χ1v) is 6.16. The molecule has 0 aromatic heterocycles. The largest absolute Gasteiger partial charge is 0.453 e. The molecule has 1 saturated heterocycles. The normalized spacial score (nSPS) is 22.9. The number of carbonyl (C=O) groups is 3. The highest BCUT2D eigenvalue weighted by atomic mass is 32.2. The van der Waals surface area contributed by atoms with E-state index in [-0.39, 0.29) is 5.91 Å². The number of ether oxygens (including phenoxy) is 1. The minimum atomic E-state index is -0.868. The molecule has 1 fully saturated rings. The predicted octanol–water partition coefficient (Wildman–Crippen LogP) is -0.326. The van der Waals surface area contributed by atoms with Crippen molar-refractivity contribution in [1.29, 1.82) is 0 Å². The average molecular weight is 261 g/mol. The molecule has 8 heteroatoms. The van der Waals surface area contributed by atoms with E-state index in [0.717, 1.165) is 0 Å². The van der Waals surface area contributed by atoms with Crippen molar-refractivity contribution in [2.75, 3.05) is 25.2 Å². The van der Waals surface area contributed by atoms with Gasteiger partial charge in [-0.25, -0.2) is 9.59 Å². The summed E-state index contributed by atoms with van der Waals surface area (Å²) in [5.74, 6) is 0.761. The van der Waals surface area contributed by atoms with Gasteiger partial charge in [-0.1, -0.05) is 0 Å². The Kier molecular flexibility index (Phi) is 4.62. The third-order valence-electron chi connectivity index (χ3n) is 2.21. The van der Waals surface area contributed by atoms with Gasteiger partial charge in [0.2, 0.25) is 0 Å². The molecule has 0 bridgehead atoms. The second-order valence-corrected chi connectivity index (χ2v) is 4.82. The van der Waals surface area contributed by atoms with Gasteiger partial charge in [0, 0.05) is 18.1 Å². The van der Waals surface area contributed by atoms with Gasteiger partial charge < -0.3 is 15.4 Å². The van der Waals surface area contributed by atoms with Crippen LogP contribution in [-0.4, -0.2) is 48.7 Å². The minimum absolute atomic E-state index is 0.323. The number of hydrogen-bond acceptors (Lipinski definition) is 5. The van der Waals surface area contributed by atoms with E-state index in [1.54, 1.807) is 6.92 Å². The Balaban J connectivity index is 2.20. The van der Waals surface area contributed by atoms with Crippen molar-refractivity contribution >= 4 is 29.8 Å². The van der Waals surface area contributed by atoms with Crippen molar-refractivity contribution in [2.24, 2.45) is 0 Å². The molecule has 0 saturated carbocycles. The van der Waals surface area contributed by atoms with Crippen molar-refractivity contribution < 1.29 is 19.1 Å². The van der Waals surface area contributed by atoms with E-state index in [9.17, 15) is 14.4 Å². The van der Waals surface area contributed by atoms with Crippen molar-refractivity contribution in [3.63, 3.8) is 0 Å². The molecule has 96 valence electrons. The number of imide groups is 1. The lowest BCUT2D eigenvalue weighted by atomic mass is 10.1. The second kappa shape index (κ2) is 5.76. The van der Waals surface area contributed by atoms with Crippen LogP contribution in [0, 0.1) is 0 Å². The van der Waals surface area contributed by atoms with E-state index in [2.05, 4.69) is 20.7 Å². The Hall–Kier alpha value is -1.44. The molecule has 1 rings (SSSR count). The van der Waals surface area contributed by atoms with Gasteiger partial charge in [-0.15, -0.1) is 0 Å². The molecule has 7 nitrogen and oxygen atoms in total.